The molecule has 0 heterocycles. The van der Waals surface area contributed by atoms with Gasteiger partial charge in [0.05, 0.1) is 0 Å². The van der Waals surface area contributed by atoms with Crippen LogP contribution in [0.15, 0.2) is 170 Å². The molecule has 0 fully saturated rings. The zero-order valence-corrected chi connectivity index (χ0v) is 31.1. The summed E-state index contributed by atoms with van der Waals surface area (Å²) in [7, 11) is 0. The highest BCUT2D eigenvalue weighted by Crippen LogP contribution is 2.35. The lowest BCUT2D eigenvalue weighted by Gasteiger charge is -2.26. The van der Waals surface area contributed by atoms with Gasteiger partial charge in [-0.2, -0.15) is 0 Å². The zero-order chi connectivity index (χ0) is 36.6. The summed E-state index contributed by atoms with van der Waals surface area (Å²) in [6.45, 7) is 9.32. The van der Waals surface area contributed by atoms with Crippen molar-refractivity contribution in [1.29, 1.82) is 0 Å². The number of hydrogen-bond acceptors (Lipinski definition) is 2. The van der Waals surface area contributed by atoms with E-state index in [1.807, 2.05) is 0 Å². The second-order valence-corrected chi connectivity index (χ2v) is 13.9. The second-order valence-electron chi connectivity index (χ2n) is 13.9. The van der Waals surface area contributed by atoms with Gasteiger partial charge in [-0.3, -0.25) is 0 Å². The Balaban J connectivity index is 1.01. The largest absolute Gasteiger partial charge is 0.337 e. The van der Waals surface area contributed by atoms with Gasteiger partial charge in [0.15, 0.2) is 0 Å². The molecule has 7 rings (SSSR count). The topological polar surface area (TPSA) is 6.48 Å². The van der Waals surface area contributed by atoms with Crippen LogP contribution in [0.25, 0.3) is 24.3 Å². The standard InChI is InChI=1S/C51H46N2/c1-38-5-13-46(14-6-38)37-52(47-27-7-39(2)8-28-47)48-33-23-44(24-34-48)21-19-42-15-17-43(18-16-42)20-22-45-25-35-51(36-26-45)53(49-29-9-40(3)10-30-49)50-31-11-41(4)12-32-50/h5-36H,37H2,1-4H3/b21-19+,22-20+. The van der Waals surface area contributed by atoms with Crippen molar-refractivity contribution in [2.45, 2.75) is 34.2 Å². The molecule has 53 heavy (non-hydrogen) atoms. The predicted molar refractivity (Wildman–Crippen MR) is 230 cm³/mol. The molecular formula is C51H46N2. The van der Waals surface area contributed by atoms with Gasteiger partial charge in [-0.15, -0.1) is 0 Å². The van der Waals surface area contributed by atoms with E-state index in [1.54, 1.807) is 0 Å². The molecule has 0 aliphatic heterocycles. The first kappa shape index (κ1) is 35.0. The van der Waals surface area contributed by atoms with E-state index in [0.717, 1.165) is 29.2 Å². The van der Waals surface area contributed by atoms with Gasteiger partial charge in [-0.05, 0) is 116 Å². The van der Waals surface area contributed by atoms with Gasteiger partial charge in [0.2, 0.25) is 0 Å². The zero-order valence-electron chi connectivity index (χ0n) is 31.1. The first-order valence-corrected chi connectivity index (χ1v) is 18.4. The van der Waals surface area contributed by atoms with Crippen molar-refractivity contribution in [3.05, 3.63) is 220 Å². The Bertz CT molecular complexity index is 2230. The second kappa shape index (κ2) is 16.3. The lowest BCUT2D eigenvalue weighted by molar-refractivity contribution is 0.973. The predicted octanol–water partition coefficient (Wildman–Crippen LogP) is 14.1. The molecule has 0 spiro atoms. The van der Waals surface area contributed by atoms with Gasteiger partial charge in [-0.1, -0.05) is 156 Å². The third kappa shape index (κ3) is 9.11. The maximum atomic E-state index is 2.38. The molecular weight excluding hydrogens is 641 g/mol. The summed E-state index contributed by atoms with van der Waals surface area (Å²) in [5.41, 5.74) is 16.8. The molecule has 0 bridgehead atoms. The van der Waals surface area contributed by atoms with Crippen LogP contribution in [0.4, 0.5) is 28.4 Å². The molecule has 0 aliphatic carbocycles. The Labute approximate surface area is 315 Å². The summed E-state index contributed by atoms with van der Waals surface area (Å²) in [5, 5.41) is 0. The molecule has 0 atom stereocenters. The average molecular weight is 687 g/mol. The minimum Gasteiger partial charge on any atom is -0.337 e. The van der Waals surface area contributed by atoms with Crippen molar-refractivity contribution in [2.24, 2.45) is 0 Å². The Morgan fingerprint density at radius 3 is 0.887 bits per heavy atom. The van der Waals surface area contributed by atoms with Crippen molar-refractivity contribution in [2.75, 3.05) is 9.80 Å². The molecule has 2 nitrogen and oxygen atoms in total. The van der Waals surface area contributed by atoms with Crippen LogP contribution in [0.2, 0.25) is 0 Å². The lowest BCUT2D eigenvalue weighted by atomic mass is 10.1. The fourth-order valence-corrected chi connectivity index (χ4v) is 6.37. The van der Waals surface area contributed by atoms with E-state index >= 15 is 0 Å². The van der Waals surface area contributed by atoms with E-state index in [4.69, 9.17) is 0 Å². The summed E-state index contributed by atoms with van der Waals surface area (Å²) in [4.78, 5) is 4.68. The van der Waals surface area contributed by atoms with Crippen LogP contribution in [0.3, 0.4) is 0 Å². The van der Waals surface area contributed by atoms with Gasteiger partial charge >= 0.3 is 0 Å². The quantitative estimate of drug-likeness (QED) is 0.125. The molecule has 0 aromatic heterocycles. The van der Waals surface area contributed by atoms with Crippen molar-refractivity contribution in [3.8, 4) is 0 Å². The smallest absolute Gasteiger partial charge is 0.0481 e. The van der Waals surface area contributed by atoms with Crippen LogP contribution in [-0.4, -0.2) is 0 Å². The van der Waals surface area contributed by atoms with Crippen molar-refractivity contribution < 1.29 is 0 Å². The summed E-state index contributed by atoms with van der Waals surface area (Å²) >= 11 is 0. The minimum absolute atomic E-state index is 0.811. The molecule has 0 N–H and O–H groups in total. The molecule has 260 valence electrons. The fraction of sp³-hybridized carbons (Fsp3) is 0.0980. The van der Waals surface area contributed by atoms with Crippen LogP contribution in [0, 0.1) is 27.7 Å². The first-order chi connectivity index (χ1) is 25.9. The van der Waals surface area contributed by atoms with E-state index < -0.39 is 0 Å². The number of aryl methyl sites for hydroxylation is 4. The molecule has 0 saturated heterocycles. The summed E-state index contributed by atoms with van der Waals surface area (Å²) < 4.78 is 0. The lowest BCUT2D eigenvalue weighted by Crippen LogP contribution is -2.16. The van der Waals surface area contributed by atoms with E-state index in [1.165, 1.54) is 55.9 Å². The summed E-state index contributed by atoms with van der Waals surface area (Å²) in [6.07, 6.45) is 8.72. The van der Waals surface area contributed by atoms with Crippen LogP contribution >= 0.6 is 0 Å². The monoisotopic (exact) mass is 686 g/mol. The van der Waals surface area contributed by atoms with E-state index in [0.29, 0.717) is 0 Å². The summed E-state index contributed by atoms with van der Waals surface area (Å²) in [6, 6.07) is 61.3. The number of anilines is 5. The van der Waals surface area contributed by atoms with Crippen molar-refractivity contribution in [3.63, 3.8) is 0 Å². The van der Waals surface area contributed by atoms with E-state index in [-0.39, 0.29) is 0 Å². The molecule has 0 radical (unpaired) electrons. The Kier molecular flexibility index (Phi) is 10.8. The van der Waals surface area contributed by atoms with Crippen LogP contribution in [0.5, 0.6) is 0 Å². The van der Waals surface area contributed by atoms with Gasteiger partial charge in [-0.25, -0.2) is 0 Å². The number of hydrogen-bond donors (Lipinski definition) is 0. The molecule has 7 aromatic carbocycles. The molecule has 0 saturated carbocycles. The highest BCUT2D eigenvalue weighted by Gasteiger charge is 2.13. The fourth-order valence-electron chi connectivity index (χ4n) is 6.37. The van der Waals surface area contributed by atoms with Gasteiger partial charge < -0.3 is 9.80 Å². The van der Waals surface area contributed by atoms with Gasteiger partial charge in [0, 0.05) is 35.0 Å². The Hall–Kier alpha value is -6.38. The van der Waals surface area contributed by atoms with Crippen molar-refractivity contribution in [1.82, 2.24) is 0 Å². The molecule has 0 aliphatic rings. The normalized spacial score (nSPS) is 11.3. The minimum atomic E-state index is 0.811. The first-order valence-electron chi connectivity index (χ1n) is 18.4. The van der Waals surface area contributed by atoms with E-state index in [2.05, 4.69) is 232 Å². The third-order valence-corrected chi connectivity index (χ3v) is 9.62. The van der Waals surface area contributed by atoms with Crippen LogP contribution in [0.1, 0.15) is 50.1 Å². The molecule has 0 amide bonds. The highest BCUT2D eigenvalue weighted by molar-refractivity contribution is 5.79. The molecule has 0 unspecified atom stereocenters. The maximum Gasteiger partial charge on any atom is 0.0481 e. The number of rotatable bonds is 11. The van der Waals surface area contributed by atoms with E-state index in [9.17, 15) is 0 Å². The Morgan fingerprint density at radius 2 is 0.547 bits per heavy atom. The van der Waals surface area contributed by atoms with Crippen LogP contribution < -0.4 is 9.80 Å². The van der Waals surface area contributed by atoms with Crippen molar-refractivity contribution >= 4 is 52.7 Å². The van der Waals surface area contributed by atoms with Gasteiger partial charge in [0.25, 0.3) is 0 Å². The average Bonchev–Trinajstić information content (AvgIpc) is 3.19. The third-order valence-electron chi connectivity index (χ3n) is 9.62. The maximum absolute atomic E-state index is 2.38. The SMILES string of the molecule is Cc1ccc(CN(c2ccc(C)cc2)c2ccc(/C=C/c3ccc(/C=C/c4ccc(N(c5ccc(C)cc5)c5ccc(C)cc5)cc4)cc3)cc2)cc1. The highest BCUT2D eigenvalue weighted by atomic mass is 15.1. The summed E-state index contributed by atoms with van der Waals surface area (Å²) in [5.74, 6) is 0. The molecule has 7 aromatic rings. The number of benzene rings is 7. The molecule has 2 heteroatoms. The Morgan fingerprint density at radius 1 is 0.302 bits per heavy atom. The van der Waals surface area contributed by atoms with Gasteiger partial charge in [0.1, 0.15) is 0 Å². The van der Waals surface area contributed by atoms with Crippen LogP contribution in [-0.2, 0) is 6.54 Å². The number of nitrogens with zero attached hydrogens (tertiary/aromatic N) is 2.